The van der Waals surface area contributed by atoms with E-state index >= 15 is 0 Å². The molecular formula is C18H26BrN3O. The van der Waals surface area contributed by atoms with Gasteiger partial charge >= 0.3 is 0 Å². The fourth-order valence-corrected chi connectivity index (χ4v) is 6.43. The van der Waals surface area contributed by atoms with Crippen LogP contribution in [-0.2, 0) is 11.3 Å². The zero-order chi connectivity index (χ0) is 16.0. The zero-order valence-corrected chi connectivity index (χ0v) is 15.4. The van der Waals surface area contributed by atoms with E-state index in [1.165, 1.54) is 38.5 Å². The number of carbonyl (C=O) groups is 1. The summed E-state index contributed by atoms with van der Waals surface area (Å²) < 4.78 is 2.62. The van der Waals surface area contributed by atoms with Crippen molar-refractivity contribution >= 4 is 21.8 Å². The summed E-state index contributed by atoms with van der Waals surface area (Å²) in [6, 6.07) is 0.336. The molecule has 4 aliphatic rings. The predicted molar refractivity (Wildman–Crippen MR) is 92.8 cm³/mol. The Morgan fingerprint density at radius 3 is 2.43 bits per heavy atom. The molecular weight excluding hydrogens is 354 g/mol. The van der Waals surface area contributed by atoms with Crippen molar-refractivity contribution < 1.29 is 4.79 Å². The average Bonchev–Trinajstić information content (AvgIpc) is 2.88. The van der Waals surface area contributed by atoms with Gasteiger partial charge in [0.2, 0.25) is 5.91 Å². The predicted octanol–water partition coefficient (Wildman–Crippen LogP) is 3.76. The van der Waals surface area contributed by atoms with E-state index in [-0.39, 0.29) is 5.91 Å². The molecule has 23 heavy (non-hydrogen) atoms. The second-order valence-corrected chi connectivity index (χ2v) is 9.08. The topological polar surface area (TPSA) is 46.9 Å². The molecule has 4 aliphatic carbocycles. The van der Waals surface area contributed by atoms with E-state index in [1.807, 2.05) is 6.20 Å². The standard InChI is InChI=1S/C18H26BrN3O/c1-2-16(21-17(23)11-22-10-15(19)9-20-22)18-6-12-3-13(7-18)5-14(4-12)8-18/h9-10,12-14,16H,2-8,11H2,1H3,(H,21,23). The maximum Gasteiger partial charge on any atom is 0.241 e. The molecule has 0 saturated heterocycles. The van der Waals surface area contributed by atoms with Crippen LogP contribution in [-0.4, -0.2) is 21.7 Å². The Bertz CT molecular complexity index is 562. The van der Waals surface area contributed by atoms with E-state index in [0.29, 0.717) is 18.0 Å². The molecule has 1 aromatic rings. The minimum atomic E-state index is 0.100. The summed E-state index contributed by atoms with van der Waals surface area (Å²) in [6.45, 7) is 2.54. The van der Waals surface area contributed by atoms with Gasteiger partial charge in [0, 0.05) is 12.2 Å². The molecule has 1 atom stereocenters. The molecule has 0 aromatic carbocycles. The van der Waals surface area contributed by atoms with Gasteiger partial charge in [-0.3, -0.25) is 9.48 Å². The fraction of sp³-hybridized carbons (Fsp3) is 0.778. The molecule has 5 rings (SSSR count). The smallest absolute Gasteiger partial charge is 0.241 e. The summed E-state index contributed by atoms with van der Waals surface area (Å²) in [5.74, 6) is 2.88. The van der Waals surface area contributed by atoms with Crippen molar-refractivity contribution in [3.05, 3.63) is 16.9 Å². The Hall–Kier alpha value is -0.840. The molecule has 1 unspecified atom stereocenters. The lowest BCUT2D eigenvalue weighted by Crippen LogP contribution is -2.57. The Morgan fingerprint density at radius 2 is 1.96 bits per heavy atom. The molecule has 0 aliphatic heterocycles. The first kappa shape index (κ1) is 15.7. The molecule has 0 spiro atoms. The third kappa shape index (κ3) is 2.97. The first-order valence-electron chi connectivity index (χ1n) is 9.03. The third-order valence-electron chi connectivity index (χ3n) is 6.48. The van der Waals surface area contributed by atoms with Crippen molar-refractivity contribution in [3.63, 3.8) is 0 Å². The molecule has 1 heterocycles. The first-order chi connectivity index (χ1) is 11.1. The zero-order valence-electron chi connectivity index (χ0n) is 13.8. The van der Waals surface area contributed by atoms with Gasteiger partial charge in [0.15, 0.2) is 0 Å². The number of carbonyl (C=O) groups excluding carboxylic acids is 1. The minimum Gasteiger partial charge on any atom is -0.351 e. The highest BCUT2D eigenvalue weighted by Crippen LogP contribution is 2.61. The van der Waals surface area contributed by atoms with Crippen LogP contribution in [0.25, 0.3) is 0 Å². The van der Waals surface area contributed by atoms with E-state index in [0.717, 1.165) is 28.6 Å². The number of aromatic nitrogens is 2. The molecule has 4 saturated carbocycles. The quantitative estimate of drug-likeness (QED) is 0.846. The molecule has 4 bridgehead atoms. The van der Waals surface area contributed by atoms with Gasteiger partial charge in [0.25, 0.3) is 0 Å². The summed E-state index contributed by atoms with van der Waals surface area (Å²) in [5, 5.41) is 7.56. The largest absolute Gasteiger partial charge is 0.351 e. The summed E-state index contributed by atoms with van der Waals surface area (Å²) in [7, 11) is 0. The average molecular weight is 380 g/mol. The van der Waals surface area contributed by atoms with Gasteiger partial charge in [0.1, 0.15) is 6.54 Å². The van der Waals surface area contributed by atoms with Crippen molar-refractivity contribution in [2.75, 3.05) is 0 Å². The van der Waals surface area contributed by atoms with Crippen LogP contribution in [0.15, 0.2) is 16.9 Å². The SMILES string of the molecule is CCC(NC(=O)Cn1cc(Br)cn1)C12CC3CC(CC(C3)C1)C2. The Labute approximate surface area is 146 Å². The number of rotatable bonds is 5. The van der Waals surface area contributed by atoms with Crippen LogP contribution in [0.4, 0.5) is 0 Å². The molecule has 126 valence electrons. The molecule has 1 N–H and O–H groups in total. The number of nitrogens with zero attached hydrogens (tertiary/aromatic N) is 2. The highest BCUT2D eigenvalue weighted by atomic mass is 79.9. The minimum absolute atomic E-state index is 0.100. The van der Waals surface area contributed by atoms with Crippen LogP contribution in [0.1, 0.15) is 51.9 Å². The third-order valence-corrected chi connectivity index (χ3v) is 6.89. The Morgan fingerprint density at radius 1 is 1.35 bits per heavy atom. The number of hydrogen-bond donors (Lipinski definition) is 1. The van der Waals surface area contributed by atoms with Crippen molar-refractivity contribution in [1.29, 1.82) is 0 Å². The van der Waals surface area contributed by atoms with Crippen LogP contribution in [0.2, 0.25) is 0 Å². The fourth-order valence-electron chi connectivity index (χ4n) is 6.10. The van der Waals surface area contributed by atoms with Gasteiger partial charge in [-0.25, -0.2) is 0 Å². The van der Waals surface area contributed by atoms with E-state index < -0.39 is 0 Å². The van der Waals surface area contributed by atoms with Gasteiger partial charge < -0.3 is 5.32 Å². The van der Waals surface area contributed by atoms with E-state index in [2.05, 4.69) is 33.3 Å². The summed E-state index contributed by atoms with van der Waals surface area (Å²) in [6.07, 6.45) is 13.0. The lowest BCUT2D eigenvalue weighted by molar-refractivity contribution is -0.127. The molecule has 1 amide bonds. The first-order valence-corrected chi connectivity index (χ1v) is 9.83. The molecule has 0 radical (unpaired) electrons. The van der Waals surface area contributed by atoms with Crippen LogP contribution in [0.5, 0.6) is 0 Å². The van der Waals surface area contributed by atoms with Crippen LogP contribution >= 0.6 is 15.9 Å². The van der Waals surface area contributed by atoms with Crippen LogP contribution in [0.3, 0.4) is 0 Å². The van der Waals surface area contributed by atoms with Gasteiger partial charge in [-0.2, -0.15) is 5.10 Å². The molecule has 1 aromatic heterocycles. The summed E-state index contributed by atoms with van der Waals surface area (Å²) >= 11 is 3.38. The Balaban J connectivity index is 1.45. The van der Waals surface area contributed by atoms with Gasteiger partial charge in [-0.15, -0.1) is 0 Å². The number of amides is 1. The van der Waals surface area contributed by atoms with Crippen molar-refractivity contribution in [2.45, 2.75) is 64.5 Å². The molecule has 4 nitrogen and oxygen atoms in total. The Kier molecular flexibility index (Phi) is 4.02. The number of nitrogens with one attached hydrogen (secondary N) is 1. The molecule has 5 heteroatoms. The summed E-state index contributed by atoms with van der Waals surface area (Å²) in [4.78, 5) is 12.5. The van der Waals surface area contributed by atoms with Crippen molar-refractivity contribution in [2.24, 2.45) is 23.2 Å². The van der Waals surface area contributed by atoms with E-state index in [4.69, 9.17) is 0 Å². The second kappa shape index (κ2) is 5.91. The van der Waals surface area contributed by atoms with Gasteiger partial charge in [-0.1, -0.05) is 6.92 Å². The lowest BCUT2D eigenvalue weighted by Gasteiger charge is -2.59. The van der Waals surface area contributed by atoms with Crippen molar-refractivity contribution in [1.82, 2.24) is 15.1 Å². The summed E-state index contributed by atoms with van der Waals surface area (Å²) in [5.41, 5.74) is 0.379. The lowest BCUT2D eigenvalue weighted by atomic mass is 9.47. The number of hydrogen-bond acceptors (Lipinski definition) is 2. The van der Waals surface area contributed by atoms with E-state index in [9.17, 15) is 4.79 Å². The highest BCUT2D eigenvalue weighted by Gasteiger charge is 2.53. The monoisotopic (exact) mass is 379 g/mol. The normalized spacial score (nSPS) is 36.2. The van der Waals surface area contributed by atoms with Crippen LogP contribution < -0.4 is 5.32 Å². The van der Waals surface area contributed by atoms with Gasteiger partial charge in [-0.05, 0) is 84.0 Å². The maximum atomic E-state index is 12.5. The molecule has 4 fully saturated rings. The highest BCUT2D eigenvalue weighted by molar-refractivity contribution is 9.10. The van der Waals surface area contributed by atoms with E-state index in [1.54, 1.807) is 10.9 Å². The van der Waals surface area contributed by atoms with Gasteiger partial charge in [0.05, 0.1) is 10.7 Å². The number of halogens is 1. The second-order valence-electron chi connectivity index (χ2n) is 8.16. The maximum absolute atomic E-state index is 12.5. The van der Waals surface area contributed by atoms with Crippen molar-refractivity contribution in [3.8, 4) is 0 Å². The van der Waals surface area contributed by atoms with Crippen LogP contribution in [0, 0.1) is 23.2 Å².